The molecule has 34 heavy (non-hydrogen) atoms. The van der Waals surface area contributed by atoms with Crippen molar-refractivity contribution in [1.82, 2.24) is 24.7 Å². The van der Waals surface area contributed by atoms with Crippen molar-refractivity contribution in [3.63, 3.8) is 0 Å². The fraction of sp³-hybridized carbons (Fsp3) is 0.192. The Hall–Kier alpha value is -3.78. The summed E-state index contributed by atoms with van der Waals surface area (Å²) in [6.45, 7) is 4.04. The molecule has 7 nitrogen and oxygen atoms in total. The third kappa shape index (κ3) is 4.49. The van der Waals surface area contributed by atoms with Crippen LogP contribution >= 0.6 is 11.8 Å². The lowest BCUT2D eigenvalue weighted by Crippen LogP contribution is -2.22. The van der Waals surface area contributed by atoms with Crippen LogP contribution in [0.1, 0.15) is 23.4 Å². The number of benzene rings is 2. The highest BCUT2D eigenvalue weighted by Crippen LogP contribution is 2.25. The van der Waals surface area contributed by atoms with Crippen molar-refractivity contribution in [1.29, 1.82) is 0 Å². The Labute approximate surface area is 200 Å². The molecule has 2 aromatic carbocycles. The minimum atomic E-state index is -0.0549. The molecule has 170 valence electrons. The van der Waals surface area contributed by atoms with Crippen LogP contribution in [0.25, 0.3) is 28.0 Å². The molecule has 3 aromatic heterocycles. The maximum Gasteiger partial charge on any atom is 0.266 e. The average molecular weight is 470 g/mol. The van der Waals surface area contributed by atoms with Crippen molar-refractivity contribution in [3.8, 4) is 17.1 Å². The van der Waals surface area contributed by atoms with Crippen molar-refractivity contribution in [2.75, 3.05) is 5.75 Å². The molecule has 0 unspecified atom stereocenters. The maximum absolute atomic E-state index is 13.5. The number of thioether (sulfide) groups is 1. The topological polar surface area (TPSA) is 86.7 Å². The summed E-state index contributed by atoms with van der Waals surface area (Å²) in [6, 6.07) is 17.3. The van der Waals surface area contributed by atoms with E-state index in [1.54, 1.807) is 28.7 Å². The number of hydrogen-bond donors (Lipinski definition) is 0. The van der Waals surface area contributed by atoms with Crippen molar-refractivity contribution < 1.29 is 4.52 Å². The maximum atomic E-state index is 13.5. The number of hydrogen-bond acceptors (Lipinski definition) is 7. The first-order valence-electron chi connectivity index (χ1n) is 11.1. The predicted molar refractivity (Wildman–Crippen MR) is 133 cm³/mol. The molecule has 0 aliphatic rings. The second-order valence-corrected chi connectivity index (χ2v) is 9.10. The zero-order valence-electron chi connectivity index (χ0n) is 18.9. The number of rotatable bonds is 7. The van der Waals surface area contributed by atoms with Gasteiger partial charge in [0.25, 0.3) is 5.56 Å². The molecule has 0 amide bonds. The van der Waals surface area contributed by atoms with Crippen LogP contribution in [0.4, 0.5) is 0 Å². The Morgan fingerprint density at radius 2 is 1.82 bits per heavy atom. The van der Waals surface area contributed by atoms with Crippen molar-refractivity contribution >= 4 is 22.7 Å². The first kappa shape index (κ1) is 22.0. The monoisotopic (exact) mass is 469 g/mol. The standard InChI is InChI=1S/C26H23N5O2S/c1-17-9-10-18(2)22(16-17)31-25(32)20-6-3-4-7-21(20)28-26(31)34-15-5-8-23-29-24(30-33-23)19-11-13-27-14-12-19/h3-4,6-7,9-14,16H,5,8,15H2,1-2H3. The van der Waals surface area contributed by atoms with E-state index in [4.69, 9.17) is 9.51 Å². The highest BCUT2D eigenvalue weighted by Gasteiger charge is 2.15. The van der Waals surface area contributed by atoms with E-state index in [1.807, 2.05) is 62.4 Å². The van der Waals surface area contributed by atoms with Crippen molar-refractivity contribution in [2.45, 2.75) is 31.8 Å². The van der Waals surface area contributed by atoms with E-state index in [-0.39, 0.29) is 5.56 Å². The quantitative estimate of drug-likeness (QED) is 0.185. The van der Waals surface area contributed by atoms with Gasteiger partial charge in [0.15, 0.2) is 5.16 Å². The summed E-state index contributed by atoms with van der Waals surface area (Å²) >= 11 is 1.56. The van der Waals surface area contributed by atoms with Gasteiger partial charge in [-0.25, -0.2) is 4.98 Å². The van der Waals surface area contributed by atoms with E-state index < -0.39 is 0 Å². The Balaban J connectivity index is 1.38. The van der Waals surface area contributed by atoms with E-state index in [0.29, 0.717) is 34.2 Å². The Kier molecular flexibility index (Phi) is 6.22. The molecule has 3 heterocycles. The second-order valence-electron chi connectivity index (χ2n) is 8.04. The molecule has 0 aliphatic carbocycles. The van der Waals surface area contributed by atoms with Crippen LogP contribution in [0.3, 0.4) is 0 Å². The number of fused-ring (bicyclic) bond motifs is 1. The van der Waals surface area contributed by atoms with Gasteiger partial charge in [-0.15, -0.1) is 0 Å². The molecule has 0 saturated carbocycles. The smallest absolute Gasteiger partial charge is 0.266 e. The number of para-hydroxylation sites is 1. The summed E-state index contributed by atoms with van der Waals surface area (Å²) in [5, 5.41) is 5.36. The summed E-state index contributed by atoms with van der Waals surface area (Å²) in [4.78, 5) is 26.8. The van der Waals surface area contributed by atoms with Crippen molar-refractivity contribution in [3.05, 3.63) is 94.4 Å². The SMILES string of the molecule is Cc1ccc(C)c(-n2c(SCCCc3nc(-c4ccncc4)no3)nc3ccccc3c2=O)c1. The van der Waals surface area contributed by atoms with Gasteiger partial charge in [-0.1, -0.05) is 41.2 Å². The van der Waals surface area contributed by atoms with Crippen LogP contribution in [0, 0.1) is 13.8 Å². The van der Waals surface area contributed by atoms with Crippen LogP contribution in [0.15, 0.2) is 81.5 Å². The van der Waals surface area contributed by atoms with Gasteiger partial charge in [-0.05, 0) is 61.7 Å². The fourth-order valence-corrected chi connectivity index (χ4v) is 4.69. The van der Waals surface area contributed by atoms with E-state index >= 15 is 0 Å². The predicted octanol–water partition coefficient (Wildman–Crippen LogP) is 5.17. The Bertz CT molecular complexity index is 1510. The summed E-state index contributed by atoms with van der Waals surface area (Å²) in [5.41, 5.74) is 4.51. The Morgan fingerprint density at radius 3 is 2.68 bits per heavy atom. The first-order chi connectivity index (χ1) is 16.6. The molecule has 8 heteroatoms. The van der Waals surface area contributed by atoms with Crippen LogP contribution in [-0.4, -0.2) is 30.4 Å². The molecule has 0 spiro atoms. The highest BCUT2D eigenvalue weighted by molar-refractivity contribution is 7.99. The van der Waals surface area contributed by atoms with Gasteiger partial charge < -0.3 is 4.52 Å². The van der Waals surface area contributed by atoms with E-state index in [2.05, 4.69) is 21.2 Å². The molecule has 5 rings (SSSR count). The number of aromatic nitrogens is 5. The molecule has 0 bridgehead atoms. The molecule has 0 radical (unpaired) electrons. The molecular weight excluding hydrogens is 446 g/mol. The zero-order chi connectivity index (χ0) is 23.5. The third-order valence-corrected chi connectivity index (χ3v) is 6.55. The first-order valence-corrected chi connectivity index (χ1v) is 12.0. The normalized spacial score (nSPS) is 11.2. The third-order valence-electron chi connectivity index (χ3n) is 5.52. The molecular formula is C26H23N5O2S. The van der Waals surface area contributed by atoms with Gasteiger partial charge in [0.05, 0.1) is 16.6 Å². The lowest BCUT2D eigenvalue weighted by molar-refractivity contribution is 0.378. The van der Waals surface area contributed by atoms with Gasteiger partial charge in [0.1, 0.15) is 0 Å². The van der Waals surface area contributed by atoms with Gasteiger partial charge in [0, 0.05) is 30.1 Å². The Morgan fingerprint density at radius 1 is 1.00 bits per heavy atom. The second kappa shape index (κ2) is 9.61. The van der Waals surface area contributed by atoms with Crippen LogP contribution in [0.2, 0.25) is 0 Å². The number of nitrogens with zero attached hydrogens (tertiary/aromatic N) is 5. The summed E-state index contributed by atoms with van der Waals surface area (Å²) in [7, 11) is 0. The van der Waals surface area contributed by atoms with Crippen LogP contribution < -0.4 is 5.56 Å². The van der Waals surface area contributed by atoms with Gasteiger partial charge >= 0.3 is 0 Å². The summed E-state index contributed by atoms with van der Waals surface area (Å²) in [5.74, 6) is 1.90. The van der Waals surface area contributed by atoms with Gasteiger partial charge in [-0.2, -0.15) is 4.98 Å². The van der Waals surface area contributed by atoms with Gasteiger partial charge in [-0.3, -0.25) is 14.3 Å². The van der Waals surface area contributed by atoms with E-state index in [0.717, 1.165) is 34.6 Å². The zero-order valence-corrected chi connectivity index (χ0v) is 19.7. The van der Waals surface area contributed by atoms with Crippen LogP contribution in [-0.2, 0) is 6.42 Å². The minimum absolute atomic E-state index is 0.0549. The molecule has 0 atom stereocenters. The van der Waals surface area contributed by atoms with Gasteiger partial charge in [0.2, 0.25) is 11.7 Å². The highest BCUT2D eigenvalue weighted by atomic mass is 32.2. The molecule has 5 aromatic rings. The molecule has 0 aliphatic heterocycles. The number of pyridine rings is 1. The number of aryl methyl sites for hydroxylation is 3. The average Bonchev–Trinajstić information content (AvgIpc) is 3.33. The van der Waals surface area contributed by atoms with E-state index in [9.17, 15) is 4.79 Å². The molecule has 0 fully saturated rings. The van der Waals surface area contributed by atoms with Crippen LogP contribution in [0.5, 0.6) is 0 Å². The molecule has 0 N–H and O–H groups in total. The fourth-order valence-electron chi connectivity index (χ4n) is 3.74. The lowest BCUT2D eigenvalue weighted by atomic mass is 10.1. The minimum Gasteiger partial charge on any atom is -0.339 e. The molecule has 0 saturated heterocycles. The summed E-state index contributed by atoms with van der Waals surface area (Å²) in [6.07, 6.45) is 4.85. The largest absolute Gasteiger partial charge is 0.339 e. The van der Waals surface area contributed by atoms with Crippen molar-refractivity contribution in [2.24, 2.45) is 0 Å². The summed E-state index contributed by atoms with van der Waals surface area (Å²) < 4.78 is 7.15. The van der Waals surface area contributed by atoms with E-state index in [1.165, 1.54) is 0 Å². The lowest BCUT2D eigenvalue weighted by Gasteiger charge is -2.15.